The van der Waals surface area contributed by atoms with Gasteiger partial charge in [0.1, 0.15) is 5.60 Å². The maximum Gasteiger partial charge on any atom is 0.410 e. The van der Waals surface area contributed by atoms with Crippen LogP contribution in [-0.2, 0) is 21.1 Å². The summed E-state index contributed by atoms with van der Waals surface area (Å²) < 4.78 is 30.9. The normalized spacial score (nSPS) is 16.5. The Morgan fingerprint density at radius 2 is 1.80 bits per heavy atom. The van der Waals surface area contributed by atoms with Crippen molar-refractivity contribution in [1.82, 2.24) is 9.80 Å². The molecule has 2 amide bonds. The van der Waals surface area contributed by atoms with Crippen molar-refractivity contribution in [3.05, 3.63) is 57.1 Å². The summed E-state index contributed by atoms with van der Waals surface area (Å²) in [5.74, 6) is -0.503. The predicted octanol–water partition coefficient (Wildman–Crippen LogP) is 6.20. The van der Waals surface area contributed by atoms with Crippen LogP contribution in [0.5, 0.6) is 0 Å². The molecule has 1 aliphatic heterocycles. The minimum atomic E-state index is -3.59. The van der Waals surface area contributed by atoms with E-state index in [1.807, 2.05) is 27.7 Å². The lowest BCUT2D eigenvalue weighted by molar-refractivity contribution is 0.0129. The molecule has 0 aliphatic carbocycles. The third-order valence-electron chi connectivity index (χ3n) is 7.06. The molecule has 0 unspecified atom stereocenters. The summed E-state index contributed by atoms with van der Waals surface area (Å²) in [7, 11) is -0.293. The van der Waals surface area contributed by atoms with Crippen molar-refractivity contribution in [3.8, 4) is 0 Å². The zero-order valence-corrected chi connectivity index (χ0v) is 26.6. The zero-order chi connectivity index (χ0) is 30.0. The largest absolute Gasteiger partial charge is 0.444 e. The third-order valence-corrected chi connectivity index (χ3v) is 9.41. The van der Waals surface area contributed by atoms with Crippen molar-refractivity contribution in [3.63, 3.8) is 0 Å². The van der Waals surface area contributed by atoms with E-state index in [-0.39, 0.29) is 28.5 Å². The number of ether oxygens (including phenoxy) is 1. The van der Waals surface area contributed by atoms with Crippen molar-refractivity contribution in [1.29, 1.82) is 0 Å². The molecular weight excluding hydrogens is 573 g/mol. The number of benzene rings is 2. The summed E-state index contributed by atoms with van der Waals surface area (Å²) in [6.07, 6.45) is 1.48. The molecule has 2 aromatic carbocycles. The average Bonchev–Trinajstić information content (AvgIpc) is 2.88. The molecule has 0 N–H and O–H groups in total. The van der Waals surface area contributed by atoms with Crippen LogP contribution in [0.2, 0.25) is 10.0 Å². The molecule has 8 nitrogen and oxygen atoms in total. The van der Waals surface area contributed by atoms with Gasteiger partial charge in [-0.25, -0.2) is 13.2 Å². The number of likely N-dealkylation sites (tertiary alicyclic amines) is 1. The smallest absolute Gasteiger partial charge is 0.410 e. The van der Waals surface area contributed by atoms with Crippen LogP contribution < -0.4 is 4.90 Å². The second-order valence-electron chi connectivity index (χ2n) is 11.3. The first-order valence-electron chi connectivity index (χ1n) is 13.3. The molecule has 0 spiro atoms. The molecule has 1 heterocycles. The minimum Gasteiger partial charge on any atom is -0.444 e. The topological polar surface area (TPSA) is 87.2 Å². The van der Waals surface area contributed by atoms with Crippen LogP contribution in [0, 0.1) is 6.92 Å². The van der Waals surface area contributed by atoms with Gasteiger partial charge in [0.05, 0.1) is 16.3 Å². The maximum absolute atomic E-state index is 13.5. The van der Waals surface area contributed by atoms with Crippen molar-refractivity contribution in [2.24, 2.45) is 0 Å². The van der Waals surface area contributed by atoms with Crippen LogP contribution in [0.1, 0.15) is 62.0 Å². The van der Waals surface area contributed by atoms with E-state index in [2.05, 4.69) is 4.90 Å². The number of amides is 2. The van der Waals surface area contributed by atoms with Gasteiger partial charge in [-0.15, -0.1) is 0 Å². The number of rotatable bonds is 7. The van der Waals surface area contributed by atoms with Crippen LogP contribution in [0.15, 0.2) is 35.2 Å². The number of hydrogen-bond acceptors (Lipinski definition) is 6. The van der Waals surface area contributed by atoms with E-state index < -0.39 is 21.3 Å². The van der Waals surface area contributed by atoms with E-state index >= 15 is 0 Å². The fourth-order valence-electron chi connectivity index (χ4n) is 4.77. The first-order valence-corrected chi connectivity index (χ1v) is 15.7. The highest BCUT2D eigenvalue weighted by molar-refractivity contribution is 7.91. The molecule has 11 heteroatoms. The zero-order valence-electron chi connectivity index (χ0n) is 24.3. The quantitative estimate of drug-likeness (QED) is 0.370. The Kier molecular flexibility index (Phi) is 10.2. The van der Waals surface area contributed by atoms with Gasteiger partial charge in [-0.3, -0.25) is 9.69 Å². The fourth-order valence-corrected chi connectivity index (χ4v) is 6.36. The molecule has 40 heavy (non-hydrogen) atoms. The summed E-state index contributed by atoms with van der Waals surface area (Å²) in [5, 5.41) is 0.776. The van der Waals surface area contributed by atoms with Crippen LogP contribution in [0.3, 0.4) is 0 Å². The fraction of sp³-hybridized carbons (Fsp3) is 0.517. The standard InChI is InChI=1S/C29H39Cl2N3O5S/c1-8-40(37,38)26-12-11-21(30)16-25(26)33(7)27(35)20-14-19(2)23(24(31)15-20)18-34-13-9-10-22(17-34)32(6)28(36)39-29(3,4)5/h11-12,14-16,22H,8-10,13,17-18H2,1-7H3/t22-/m0/s1. The SMILES string of the molecule is CCS(=O)(=O)c1ccc(Cl)cc1N(C)C(=O)c1cc(C)c(CN2CCC[C@H](N(C)C(=O)OC(C)(C)C)C2)c(Cl)c1. The highest BCUT2D eigenvalue weighted by Crippen LogP contribution is 2.32. The Hall–Kier alpha value is -2.33. The number of carbonyl (C=O) groups excluding carboxylic acids is 2. The van der Waals surface area contributed by atoms with Crippen molar-refractivity contribution < 1.29 is 22.7 Å². The van der Waals surface area contributed by atoms with Gasteiger partial charge in [0.2, 0.25) is 0 Å². The highest BCUT2D eigenvalue weighted by Gasteiger charge is 2.30. The Labute approximate surface area is 248 Å². The summed E-state index contributed by atoms with van der Waals surface area (Å²) in [6, 6.07) is 7.81. The van der Waals surface area contributed by atoms with Crippen molar-refractivity contribution >= 4 is 50.7 Å². The van der Waals surface area contributed by atoms with Gasteiger partial charge in [-0.2, -0.15) is 0 Å². The molecule has 1 saturated heterocycles. The Morgan fingerprint density at radius 1 is 1.12 bits per heavy atom. The molecule has 1 atom stereocenters. The molecular formula is C29H39Cl2N3O5S. The maximum atomic E-state index is 13.5. The van der Waals surface area contributed by atoms with E-state index in [0.717, 1.165) is 30.5 Å². The predicted molar refractivity (Wildman–Crippen MR) is 160 cm³/mol. The first-order chi connectivity index (χ1) is 18.5. The van der Waals surface area contributed by atoms with E-state index in [0.29, 0.717) is 28.7 Å². The van der Waals surface area contributed by atoms with Crippen LogP contribution in [-0.4, -0.2) is 74.8 Å². The van der Waals surface area contributed by atoms with Gasteiger partial charge in [-0.05, 0) is 88.5 Å². The number of nitrogens with zero attached hydrogens (tertiary/aromatic N) is 3. The molecule has 1 aliphatic rings. The number of anilines is 1. The molecule has 0 radical (unpaired) electrons. The van der Waals surface area contributed by atoms with E-state index in [1.54, 1.807) is 31.0 Å². The Balaban J connectivity index is 1.80. The Morgan fingerprint density at radius 3 is 2.40 bits per heavy atom. The minimum absolute atomic E-state index is 0.0171. The number of sulfone groups is 1. The molecule has 3 rings (SSSR count). The van der Waals surface area contributed by atoms with E-state index in [1.165, 1.54) is 30.1 Å². The lowest BCUT2D eigenvalue weighted by Gasteiger charge is -2.38. The molecule has 220 valence electrons. The highest BCUT2D eigenvalue weighted by atomic mass is 35.5. The van der Waals surface area contributed by atoms with Gasteiger partial charge in [0, 0.05) is 48.8 Å². The van der Waals surface area contributed by atoms with Gasteiger partial charge >= 0.3 is 6.09 Å². The van der Waals surface area contributed by atoms with Gasteiger partial charge in [-0.1, -0.05) is 30.1 Å². The number of carbonyl (C=O) groups is 2. The average molecular weight is 613 g/mol. The van der Waals surface area contributed by atoms with Crippen molar-refractivity contribution in [2.75, 3.05) is 37.8 Å². The molecule has 0 bridgehead atoms. The molecule has 2 aromatic rings. The number of halogens is 2. The number of hydrogen-bond donors (Lipinski definition) is 0. The molecule has 1 fully saturated rings. The first kappa shape index (κ1) is 32.2. The Bertz CT molecular complexity index is 1350. The molecule has 0 aromatic heterocycles. The lowest BCUT2D eigenvalue weighted by Crippen LogP contribution is -2.49. The van der Waals surface area contributed by atoms with Crippen LogP contribution >= 0.6 is 23.2 Å². The number of piperidine rings is 1. The number of aryl methyl sites for hydroxylation is 1. The monoisotopic (exact) mass is 611 g/mol. The van der Waals surface area contributed by atoms with Crippen LogP contribution in [0.4, 0.5) is 10.5 Å². The summed E-state index contributed by atoms with van der Waals surface area (Å²) >= 11 is 12.9. The lowest BCUT2D eigenvalue weighted by atomic mass is 10.0. The van der Waals surface area contributed by atoms with E-state index in [9.17, 15) is 18.0 Å². The second-order valence-corrected chi connectivity index (χ2v) is 14.3. The summed E-state index contributed by atoms with van der Waals surface area (Å²) in [4.78, 5) is 31.3. The van der Waals surface area contributed by atoms with Crippen molar-refractivity contribution in [2.45, 2.75) is 70.5 Å². The van der Waals surface area contributed by atoms with Gasteiger partial charge < -0.3 is 14.5 Å². The summed E-state index contributed by atoms with van der Waals surface area (Å²) in [5.41, 5.74) is 1.74. The van der Waals surface area contributed by atoms with Gasteiger partial charge in [0.15, 0.2) is 9.84 Å². The third kappa shape index (κ3) is 7.69. The van der Waals surface area contributed by atoms with Gasteiger partial charge in [0.25, 0.3) is 5.91 Å². The van der Waals surface area contributed by atoms with Crippen LogP contribution in [0.25, 0.3) is 0 Å². The van der Waals surface area contributed by atoms with E-state index in [4.69, 9.17) is 27.9 Å². The number of likely N-dealkylation sites (N-methyl/N-ethyl adjacent to an activating group) is 1. The molecule has 0 saturated carbocycles. The summed E-state index contributed by atoms with van der Waals surface area (Å²) in [6.45, 7) is 11.1. The second kappa shape index (κ2) is 12.7.